The number of benzene rings is 2. The fourth-order valence-electron chi connectivity index (χ4n) is 3.07. The summed E-state index contributed by atoms with van der Waals surface area (Å²) >= 11 is 0. The van der Waals surface area contributed by atoms with Gasteiger partial charge >= 0.3 is 0 Å². The van der Waals surface area contributed by atoms with E-state index in [0.717, 1.165) is 5.56 Å². The summed E-state index contributed by atoms with van der Waals surface area (Å²) in [6.07, 6.45) is 1.86. The smallest absolute Gasteiger partial charge is 0.271 e. The van der Waals surface area contributed by atoms with Crippen LogP contribution in [-0.2, 0) is 16.0 Å². The van der Waals surface area contributed by atoms with E-state index in [9.17, 15) is 19.2 Å². The van der Waals surface area contributed by atoms with Crippen LogP contribution in [0.5, 0.6) is 0 Å². The average molecular weight is 363 g/mol. The largest absolute Gasteiger partial charge is 0.328 e. The fourth-order valence-corrected chi connectivity index (χ4v) is 3.07. The number of carbonyl (C=O) groups excluding carboxylic acids is 2. The lowest BCUT2D eigenvalue weighted by Crippen LogP contribution is -2.56. The Morgan fingerprint density at radius 1 is 1.11 bits per heavy atom. The second-order valence-corrected chi connectivity index (χ2v) is 6.39. The molecule has 1 fully saturated rings. The summed E-state index contributed by atoms with van der Waals surface area (Å²) in [7, 11) is 3.12. The summed E-state index contributed by atoms with van der Waals surface area (Å²) in [5.74, 6) is -0.893. The van der Waals surface area contributed by atoms with Crippen molar-refractivity contribution in [1.29, 1.82) is 5.26 Å². The number of halogens is 1. The van der Waals surface area contributed by atoms with E-state index in [1.54, 1.807) is 56.6 Å². The molecule has 1 aliphatic heterocycles. The third-order valence-electron chi connectivity index (χ3n) is 4.70. The van der Waals surface area contributed by atoms with Crippen LogP contribution in [-0.4, -0.2) is 41.8 Å². The Morgan fingerprint density at radius 3 is 2.44 bits per heavy atom. The van der Waals surface area contributed by atoms with E-state index in [0.29, 0.717) is 17.5 Å². The van der Waals surface area contributed by atoms with Gasteiger partial charge in [0.15, 0.2) is 0 Å². The fraction of sp³-hybridized carbons (Fsp3) is 0.190. The number of amides is 2. The normalized spacial score (nSPS) is 18.7. The first kappa shape index (κ1) is 18.3. The van der Waals surface area contributed by atoms with Crippen LogP contribution in [0.4, 0.5) is 4.39 Å². The minimum absolute atomic E-state index is 0.209. The molecule has 1 unspecified atom stereocenters. The van der Waals surface area contributed by atoms with E-state index >= 15 is 0 Å². The Kier molecular flexibility index (Phi) is 5.04. The van der Waals surface area contributed by atoms with Crippen LogP contribution >= 0.6 is 0 Å². The molecule has 2 amide bonds. The number of carbonyl (C=O) groups is 2. The first-order valence-electron chi connectivity index (χ1n) is 8.42. The van der Waals surface area contributed by atoms with Crippen LogP contribution in [0.2, 0.25) is 0 Å². The maximum absolute atomic E-state index is 13.1. The molecule has 0 N–H and O–H groups in total. The van der Waals surface area contributed by atoms with Gasteiger partial charge in [0.25, 0.3) is 5.91 Å². The molecule has 136 valence electrons. The SMILES string of the molecule is CN1C(=O)C(Cc2ccc(F)cc2)N(C)C(=O)C1=Cc1ccccc1C#N. The molecule has 1 atom stereocenters. The van der Waals surface area contributed by atoms with Crippen molar-refractivity contribution in [2.45, 2.75) is 12.5 Å². The van der Waals surface area contributed by atoms with E-state index < -0.39 is 6.04 Å². The van der Waals surface area contributed by atoms with Crippen LogP contribution in [0, 0.1) is 17.1 Å². The molecule has 1 aliphatic rings. The van der Waals surface area contributed by atoms with E-state index in [1.165, 1.54) is 21.9 Å². The second kappa shape index (κ2) is 7.42. The summed E-state index contributed by atoms with van der Waals surface area (Å²) in [5.41, 5.74) is 1.98. The monoisotopic (exact) mass is 363 g/mol. The van der Waals surface area contributed by atoms with Crippen molar-refractivity contribution in [1.82, 2.24) is 9.80 Å². The molecular weight excluding hydrogens is 345 g/mol. The predicted molar refractivity (Wildman–Crippen MR) is 98.6 cm³/mol. The first-order valence-corrected chi connectivity index (χ1v) is 8.42. The molecule has 0 aromatic heterocycles. The predicted octanol–water partition coefficient (Wildman–Crippen LogP) is 2.58. The van der Waals surface area contributed by atoms with Crippen molar-refractivity contribution < 1.29 is 14.0 Å². The number of likely N-dealkylation sites (N-methyl/N-ethyl adjacent to an activating group) is 2. The van der Waals surface area contributed by atoms with Gasteiger partial charge in [-0.05, 0) is 35.4 Å². The van der Waals surface area contributed by atoms with Crippen molar-refractivity contribution in [2.75, 3.05) is 14.1 Å². The highest BCUT2D eigenvalue weighted by Gasteiger charge is 2.39. The molecule has 27 heavy (non-hydrogen) atoms. The lowest BCUT2D eigenvalue weighted by molar-refractivity contribution is -0.148. The van der Waals surface area contributed by atoms with Gasteiger partial charge in [0.05, 0.1) is 11.6 Å². The van der Waals surface area contributed by atoms with E-state index in [4.69, 9.17) is 0 Å². The van der Waals surface area contributed by atoms with Crippen LogP contribution in [0.25, 0.3) is 6.08 Å². The molecule has 2 aromatic rings. The number of nitriles is 1. The highest BCUT2D eigenvalue weighted by molar-refractivity contribution is 6.07. The van der Waals surface area contributed by atoms with Crippen molar-refractivity contribution in [3.8, 4) is 6.07 Å². The lowest BCUT2D eigenvalue weighted by Gasteiger charge is -2.38. The maximum atomic E-state index is 13.1. The van der Waals surface area contributed by atoms with Crippen LogP contribution in [0.1, 0.15) is 16.7 Å². The highest BCUT2D eigenvalue weighted by atomic mass is 19.1. The van der Waals surface area contributed by atoms with Gasteiger partial charge in [-0.2, -0.15) is 5.26 Å². The number of hydrogen-bond acceptors (Lipinski definition) is 3. The quantitative estimate of drug-likeness (QED) is 0.788. The molecule has 5 nitrogen and oxygen atoms in total. The Bertz CT molecular complexity index is 960. The van der Waals surface area contributed by atoms with Gasteiger partial charge < -0.3 is 9.80 Å². The van der Waals surface area contributed by atoms with Gasteiger partial charge in [-0.3, -0.25) is 9.59 Å². The molecular formula is C21H18FN3O2. The van der Waals surface area contributed by atoms with Crippen molar-refractivity contribution in [2.24, 2.45) is 0 Å². The number of hydrogen-bond donors (Lipinski definition) is 0. The molecule has 6 heteroatoms. The standard InChI is InChI=1S/C21H18FN3O2/c1-24-18(11-14-7-9-17(22)10-8-14)20(26)25(2)19(21(24)27)12-15-5-3-4-6-16(15)13-23/h3-10,12,18H,11H2,1-2H3. The molecule has 1 heterocycles. The molecule has 0 aliphatic carbocycles. The van der Waals surface area contributed by atoms with E-state index in [1.807, 2.05) is 0 Å². The molecule has 0 saturated carbocycles. The summed E-state index contributed by atoms with van der Waals surface area (Å²) in [6, 6.07) is 14.2. The second-order valence-electron chi connectivity index (χ2n) is 6.39. The summed E-state index contributed by atoms with van der Waals surface area (Å²) in [4.78, 5) is 28.4. The number of nitrogens with zero attached hydrogens (tertiary/aromatic N) is 3. The Labute approximate surface area is 156 Å². The van der Waals surface area contributed by atoms with Crippen LogP contribution in [0.15, 0.2) is 54.2 Å². The van der Waals surface area contributed by atoms with Gasteiger partial charge in [0, 0.05) is 20.5 Å². The van der Waals surface area contributed by atoms with E-state index in [-0.39, 0.29) is 23.3 Å². The van der Waals surface area contributed by atoms with Crippen LogP contribution in [0.3, 0.4) is 0 Å². The third kappa shape index (κ3) is 3.58. The Balaban J connectivity index is 1.91. The van der Waals surface area contributed by atoms with Gasteiger partial charge in [0.1, 0.15) is 17.6 Å². The molecule has 0 spiro atoms. The minimum atomic E-state index is -0.670. The number of rotatable bonds is 3. The van der Waals surface area contributed by atoms with Gasteiger partial charge in [-0.1, -0.05) is 30.3 Å². The molecule has 0 radical (unpaired) electrons. The molecule has 3 rings (SSSR count). The topological polar surface area (TPSA) is 64.4 Å². The molecule has 0 bridgehead atoms. The lowest BCUT2D eigenvalue weighted by atomic mass is 9.99. The maximum Gasteiger partial charge on any atom is 0.271 e. The van der Waals surface area contributed by atoms with E-state index in [2.05, 4.69) is 6.07 Å². The zero-order chi connectivity index (χ0) is 19.6. The number of piperazine rings is 1. The Morgan fingerprint density at radius 2 is 1.78 bits per heavy atom. The minimum Gasteiger partial charge on any atom is -0.328 e. The zero-order valence-electron chi connectivity index (χ0n) is 15.0. The van der Waals surface area contributed by atoms with Crippen molar-refractivity contribution in [3.63, 3.8) is 0 Å². The molecule has 2 aromatic carbocycles. The summed E-state index contributed by atoms with van der Waals surface area (Å²) in [6.45, 7) is 0. The summed E-state index contributed by atoms with van der Waals surface area (Å²) in [5, 5.41) is 9.23. The van der Waals surface area contributed by atoms with Gasteiger partial charge in [-0.25, -0.2) is 4.39 Å². The van der Waals surface area contributed by atoms with Gasteiger partial charge in [-0.15, -0.1) is 0 Å². The average Bonchev–Trinajstić information content (AvgIpc) is 2.69. The highest BCUT2D eigenvalue weighted by Crippen LogP contribution is 2.24. The zero-order valence-corrected chi connectivity index (χ0v) is 15.0. The Hall–Kier alpha value is -3.46. The van der Waals surface area contributed by atoms with Gasteiger partial charge in [0.2, 0.25) is 5.91 Å². The van der Waals surface area contributed by atoms with Crippen molar-refractivity contribution >= 4 is 17.9 Å². The third-order valence-corrected chi connectivity index (χ3v) is 4.70. The molecule has 1 saturated heterocycles. The van der Waals surface area contributed by atoms with Crippen molar-refractivity contribution in [3.05, 3.63) is 76.7 Å². The van der Waals surface area contributed by atoms with Crippen LogP contribution < -0.4 is 0 Å². The first-order chi connectivity index (χ1) is 12.9. The summed E-state index contributed by atoms with van der Waals surface area (Å²) < 4.78 is 13.1.